The molecule has 4 nitrogen and oxygen atoms in total. The first-order chi connectivity index (χ1) is 8.56. The quantitative estimate of drug-likeness (QED) is 0.845. The molecule has 0 bridgehead atoms. The first kappa shape index (κ1) is 13.1. The molecular formula is C13H18N2O2S. The summed E-state index contributed by atoms with van der Waals surface area (Å²) < 4.78 is 17.4. The number of benzene rings is 1. The van der Waals surface area contributed by atoms with Crippen LogP contribution < -0.4 is 5.73 Å². The average Bonchev–Trinajstić information content (AvgIpc) is 2.70. The molecule has 98 valence electrons. The lowest BCUT2D eigenvalue weighted by Gasteiger charge is -2.02. The van der Waals surface area contributed by atoms with Crippen LogP contribution in [0.1, 0.15) is 26.2 Å². The fourth-order valence-corrected chi connectivity index (χ4v) is 2.93. The van der Waals surface area contributed by atoms with Crippen LogP contribution >= 0.6 is 0 Å². The highest BCUT2D eigenvalue weighted by molar-refractivity contribution is 7.84. The number of anilines is 1. The van der Waals surface area contributed by atoms with E-state index in [-0.39, 0.29) is 0 Å². The van der Waals surface area contributed by atoms with Gasteiger partial charge in [-0.05, 0) is 24.5 Å². The van der Waals surface area contributed by atoms with Gasteiger partial charge < -0.3 is 10.2 Å². The van der Waals surface area contributed by atoms with Crippen LogP contribution in [0.15, 0.2) is 22.6 Å². The van der Waals surface area contributed by atoms with E-state index < -0.39 is 10.8 Å². The Bertz CT molecular complexity index is 563. The second kappa shape index (κ2) is 5.52. The Morgan fingerprint density at radius 1 is 1.44 bits per heavy atom. The van der Waals surface area contributed by atoms with Crippen LogP contribution in [0.4, 0.5) is 5.69 Å². The molecule has 2 rings (SSSR count). The highest BCUT2D eigenvalue weighted by Gasteiger charge is 2.11. The Hall–Kier alpha value is -1.36. The molecule has 1 aromatic heterocycles. The Morgan fingerprint density at radius 3 is 2.89 bits per heavy atom. The molecule has 2 aromatic rings. The lowest BCUT2D eigenvalue weighted by molar-refractivity contribution is 0.551. The summed E-state index contributed by atoms with van der Waals surface area (Å²) in [6, 6.07) is 5.42. The number of nitrogens with two attached hydrogens (primary N) is 1. The number of hydrogen-bond donors (Lipinski definition) is 1. The maximum atomic E-state index is 11.9. The molecule has 0 aliphatic carbocycles. The van der Waals surface area contributed by atoms with Gasteiger partial charge in [0.1, 0.15) is 11.3 Å². The zero-order valence-electron chi connectivity index (χ0n) is 10.7. The summed E-state index contributed by atoms with van der Waals surface area (Å²) in [5, 5.41) is 0. The van der Waals surface area contributed by atoms with Crippen LogP contribution in [0.3, 0.4) is 0 Å². The minimum atomic E-state index is -0.922. The summed E-state index contributed by atoms with van der Waals surface area (Å²) in [6.45, 7) is 4.24. The highest BCUT2D eigenvalue weighted by Crippen LogP contribution is 2.21. The Balaban J connectivity index is 2.08. The molecule has 18 heavy (non-hydrogen) atoms. The molecular weight excluding hydrogens is 248 g/mol. The largest absolute Gasteiger partial charge is 0.440 e. The van der Waals surface area contributed by atoms with Gasteiger partial charge >= 0.3 is 0 Å². The smallest absolute Gasteiger partial charge is 0.208 e. The van der Waals surface area contributed by atoms with Gasteiger partial charge in [-0.15, -0.1) is 0 Å². The van der Waals surface area contributed by atoms with Crippen LogP contribution in [0, 0.1) is 5.92 Å². The second-order valence-electron chi connectivity index (χ2n) is 4.77. The standard InChI is InChI=1S/C13H18N2O2S/c1-9(2)6-7-18(16)8-12-15-13-10(14)4-3-5-11(13)17-12/h3-5,9H,6-8,14H2,1-2H3. The third-order valence-corrected chi connectivity index (χ3v) is 3.96. The maximum Gasteiger partial charge on any atom is 0.208 e. The first-order valence-corrected chi connectivity index (χ1v) is 7.54. The lowest BCUT2D eigenvalue weighted by Crippen LogP contribution is -2.04. The number of aromatic nitrogens is 1. The second-order valence-corrected chi connectivity index (χ2v) is 6.35. The lowest BCUT2D eigenvalue weighted by atomic mass is 10.2. The summed E-state index contributed by atoms with van der Waals surface area (Å²) in [5.41, 5.74) is 7.71. The first-order valence-electron chi connectivity index (χ1n) is 6.05. The number of oxazole rings is 1. The van der Waals surface area contributed by atoms with Crippen molar-refractivity contribution in [1.29, 1.82) is 0 Å². The number of para-hydroxylation sites is 1. The molecule has 5 heteroatoms. The molecule has 0 amide bonds. The number of hydrogen-bond acceptors (Lipinski definition) is 4. The summed E-state index contributed by atoms with van der Waals surface area (Å²) in [4.78, 5) is 4.29. The number of rotatable bonds is 5. The molecule has 0 aliphatic heterocycles. The Labute approximate surface area is 109 Å². The molecule has 1 aromatic carbocycles. The van der Waals surface area contributed by atoms with Crippen LogP contribution in [0.2, 0.25) is 0 Å². The van der Waals surface area contributed by atoms with E-state index in [0.717, 1.165) is 6.42 Å². The molecule has 0 fully saturated rings. The molecule has 1 unspecified atom stereocenters. The predicted octanol–water partition coefficient (Wildman–Crippen LogP) is 2.70. The van der Waals surface area contributed by atoms with Crippen LogP contribution in [-0.4, -0.2) is 14.9 Å². The van der Waals surface area contributed by atoms with Crippen molar-refractivity contribution in [2.45, 2.75) is 26.0 Å². The molecule has 0 saturated heterocycles. The summed E-state index contributed by atoms with van der Waals surface area (Å²) in [7, 11) is -0.922. The average molecular weight is 266 g/mol. The molecule has 0 saturated carbocycles. The van der Waals surface area contributed by atoms with E-state index >= 15 is 0 Å². The van der Waals surface area contributed by atoms with Crippen LogP contribution in [0.5, 0.6) is 0 Å². The van der Waals surface area contributed by atoms with Crippen molar-refractivity contribution in [3.63, 3.8) is 0 Å². The highest BCUT2D eigenvalue weighted by atomic mass is 32.2. The van der Waals surface area contributed by atoms with Crippen molar-refractivity contribution >= 4 is 27.6 Å². The van der Waals surface area contributed by atoms with E-state index in [1.807, 2.05) is 12.1 Å². The third-order valence-electron chi connectivity index (χ3n) is 2.70. The van der Waals surface area contributed by atoms with Gasteiger partial charge in [-0.25, -0.2) is 4.98 Å². The van der Waals surface area contributed by atoms with Crippen molar-refractivity contribution < 1.29 is 8.63 Å². The molecule has 2 N–H and O–H groups in total. The zero-order valence-corrected chi connectivity index (χ0v) is 11.5. The van der Waals surface area contributed by atoms with Gasteiger partial charge in [0.2, 0.25) is 5.89 Å². The number of nitrogens with zero attached hydrogens (tertiary/aromatic N) is 1. The predicted molar refractivity (Wildman–Crippen MR) is 74.6 cm³/mol. The van der Waals surface area contributed by atoms with Crippen molar-refractivity contribution in [1.82, 2.24) is 4.98 Å². The van der Waals surface area contributed by atoms with Crippen LogP contribution in [0.25, 0.3) is 11.1 Å². The zero-order chi connectivity index (χ0) is 13.1. The summed E-state index contributed by atoms with van der Waals surface area (Å²) in [6.07, 6.45) is 0.953. The Kier molecular flexibility index (Phi) is 4.01. The third kappa shape index (κ3) is 3.10. The minimum absolute atomic E-state index is 0.362. The van der Waals surface area contributed by atoms with Crippen LogP contribution in [-0.2, 0) is 16.6 Å². The fourth-order valence-electron chi connectivity index (χ4n) is 1.65. The SMILES string of the molecule is CC(C)CCS(=O)Cc1nc2c(N)cccc2o1. The van der Waals surface area contributed by atoms with Crippen molar-refractivity contribution in [2.24, 2.45) is 5.92 Å². The van der Waals surface area contributed by atoms with Gasteiger partial charge in [0.25, 0.3) is 0 Å². The van der Waals surface area contributed by atoms with Gasteiger partial charge in [-0.1, -0.05) is 19.9 Å². The van der Waals surface area contributed by atoms with Crippen molar-refractivity contribution in [3.05, 3.63) is 24.1 Å². The molecule has 1 atom stereocenters. The minimum Gasteiger partial charge on any atom is -0.440 e. The van der Waals surface area contributed by atoms with E-state index in [1.165, 1.54) is 0 Å². The molecule has 0 spiro atoms. The number of nitrogen functional groups attached to an aromatic ring is 1. The molecule has 1 heterocycles. The van der Waals surface area contributed by atoms with E-state index in [2.05, 4.69) is 18.8 Å². The van der Waals surface area contributed by atoms with Crippen molar-refractivity contribution in [2.75, 3.05) is 11.5 Å². The summed E-state index contributed by atoms with van der Waals surface area (Å²) in [5.74, 6) is 2.12. The fraction of sp³-hybridized carbons (Fsp3) is 0.462. The monoisotopic (exact) mass is 266 g/mol. The van der Waals surface area contributed by atoms with E-state index in [1.54, 1.807) is 6.07 Å². The molecule has 0 radical (unpaired) electrons. The topological polar surface area (TPSA) is 69.1 Å². The van der Waals surface area contributed by atoms with Gasteiger partial charge in [-0.3, -0.25) is 4.21 Å². The van der Waals surface area contributed by atoms with E-state index in [9.17, 15) is 4.21 Å². The number of fused-ring (bicyclic) bond motifs is 1. The molecule has 0 aliphatic rings. The van der Waals surface area contributed by atoms with Gasteiger partial charge in [-0.2, -0.15) is 0 Å². The van der Waals surface area contributed by atoms with E-state index in [4.69, 9.17) is 10.2 Å². The van der Waals surface area contributed by atoms with E-state index in [0.29, 0.717) is 40.1 Å². The Morgan fingerprint density at radius 2 is 2.22 bits per heavy atom. The van der Waals surface area contributed by atoms with Gasteiger partial charge in [0.05, 0.1) is 5.69 Å². The van der Waals surface area contributed by atoms with Gasteiger partial charge in [0.15, 0.2) is 5.58 Å². The maximum absolute atomic E-state index is 11.9. The normalized spacial score (nSPS) is 13.3. The summed E-state index contributed by atoms with van der Waals surface area (Å²) >= 11 is 0. The van der Waals surface area contributed by atoms with Gasteiger partial charge in [0, 0.05) is 16.6 Å². The van der Waals surface area contributed by atoms with Crippen molar-refractivity contribution in [3.8, 4) is 0 Å².